The first-order valence-electron chi connectivity index (χ1n) is 6.05. The summed E-state index contributed by atoms with van der Waals surface area (Å²) >= 11 is 0. The summed E-state index contributed by atoms with van der Waals surface area (Å²) in [6.07, 6.45) is 4.02. The first-order chi connectivity index (χ1) is 8.74. The number of pyridine rings is 2. The van der Waals surface area contributed by atoms with Gasteiger partial charge in [0, 0.05) is 28.9 Å². The lowest BCUT2D eigenvalue weighted by molar-refractivity contribution is -0.644. The fourth-order valence-electron chi connectivity index (χ4n) is 2.30. The molecule has 0 unspecified atom stereocenters. The van der Waals surface area contributed by atoms with E-state index >= 15 is 0 Å². The smallest absolute Gasteiger partial charge is 0.212 e. The van der Waals surface area contributed by atoms with E-state index in [1.165, 1.54) is 22.0 Å². The van der Waals surface area contributed by atoms with Crippen molar-refractivity contribution >= 4 is 10.9 Å². The molecule has 0 aliphatic heterocycles. The Balaban J connectivity index is 2.24. The van der Waals surface area contributed by atoms with Crippen molar-refractivity contribution in [2.24, 2.45) is 7.05 Å². The number of aryl methyl sites for hydroxylation is 2. The summed E-state index contributed by atoms with van der Waals surface area (Å²) in [4.78, 5) is 4.24. The number of hydrogen-bond acceptors (Lipinski definition) is 1. The molecule has 2 heterocycles. The summed E-state index contributed by atoms with van der Waals surface area (Å²) in [5.74, 6) is 0. The second-order valence-corrected chi connectivity index (χ2v) is 4.58. The molecule has 0 fully saturated rings. The van der Waals surface area contributed by atoms with Gasteiger partial charge in [-0.15, -0.1) is 0 Å². The van der Waals surface area contributed by atoms with Gasteiger partial charge in [0.2, 0.25) is 5.52 Å². The van der Waals surface area contributed by atoms with Gasteiger partial charge in [0.25, 0.3) is 0 Å². The molecule has 0 saturated heterocycles. The Kier molecular flexibility index (Phi) is 2.56. The zero-order chi connectivity index (χ0) is 12.5. The minimum absolute atomic E-state index is 1.04. The van der Waals surface area contributed by atoms with Crippen LogP contribution in [0.4, 0.5) is 0 Å². The second-order valence-electron chi connectivity index (χ2n) is 4.58. The van der Waals surface area contributed by atoms with Crippen molar-refractivity contribution in [1.82, 2.24) is 4.98 Å². The summed E-state index contributed by atoms with van der Waals surface area (Å²) in [5, 5.41) is 1.26. The summed E-state index contributed by atoms with van der Waals surface area (Å²) < 4.78 is 2.17. The number of aromatic nitrogens is 2. The quantitative estimate of drug-likeness (QED) is 0.592. The van der Waals surface area contributed by atoms with E-state index in [0.717, 1.165) is 5.69 Å². The highest BCUT2D eigenvalue weighted by molar-refractivity contribution is 5.80. The maximum Gasteiger partial charge on any atom is 0.212 e. The Morgan fingerprint density at radius 1 is 1.00 bits per heavy atom. The van der Waals surface area contributed by atoms with E-state index < -0.39 is 0 Å². The van der Waals surface area contributed by atoms with Crippen LogP contribution in [0.2, 0.25) is 0 Å². The van der Waals surface area contributed by atoms with Crippen LogP contribution in [0.15, 0.2) is 54.9 Å². The highest BCUT2D eigenvalue weighted by atomic mass is 14.9. The van der Waals surface area contributed by atoms with Crippen LogP contribution in [0.1, 0.15) is 5.69 Å². The SMILES string of the molecule is Cc1cc(-c2cc3ccccc3[n+](C)c2)ccn1. The van der Waals surface area contributed by atoms with Gasteiger partial charge in [-0.05, 0) is 36.8 Å². The molecule has 2 heteroatoms. The summed E-state index contributed by atoms with van der Waals surface area (Å²) in [7, 11) is 2.08. The Hall–Kier alpha value is -2.22. The molecule has 1 aromatic carbocycles. The fraction of sp³-hybridized carbons (Fsp3) is 0.125. The third-order valence-corrected chi connectivity index (χ3v) is 3.19. The van der Waals surface area contributed by atoms with E-state index in [0.29, 0.717) is 0 Å². The minimum atomic E-state index is 1.04. The normalized spacial score (nSPS) is 10.8. The minimum Gasteiger partial charge on any atom is -0.262 e. The Labute approximate surface area is 107 Å². The van der Waals surface area contributed by atoms with E-state index in [9.17, 15) is 0 Å². The molecule has 0 bridgehead atoms. The second kappa shape index (κ2) is 4.22. The molecule has 0 aliphatic carbocycles. The molecule has 0 radical (unpaired) electrons. The summed E-state index contributed by atoms with van der Waals surface area (Å²) in [6.45, 7) is 2.02. The van der Waals surface area contributed by atoms with E-state index in [4.69, 9.17) is 0 Å². The lowest BCUT2D eigenvalue weighted by Crippen LogP contribution is -2.28. The Bertz CT molecular complexity index is 717. The largest absolute Gasteiger partial charge is 0.262 e. The molecule has 2 aromatic heterocycles. The molecule has 0 spiro atoms. The number of para-hydroxylation sites is 1. The van der Waals surface area contributed by atoms with Crippen LogP contribution < -0.4 is 4.57 Å². The predicted octanol–water partition coefficient (Wildman–Crippen LogP) is 3.03. The lowest BCUT2D eigenvalue weighted by Gasteiger charge is -2.03. The van der Waals surface area contributed by atoms with Gasteiger partial charge in [0.05, 0.1) is 0 Å². The molecule has 3 rings (SSSR count). The Morgan fingerprint density at radius 2 is 1.83 bits per heavy atom. The van der Waals surface area contributed by atoms with E-state index in [1.807, 2.05) is 13.1 Å². The molecule has 2 nitrogen and oxygen atoms in total. The first-order valence-corrected chi connectivity index (χ1v) is 6.05. The van der Waals surface area contributed by atoms with Gasteiger partial charge in [-0.25, -0.2) is 4.57 Å². The monoisotopic (exact) mass is 235 g/mol. The number of rotatable bonds is 1. The Morgan fingerprint density at radius 3 is 2.67 bits per heavy atom. The number of fused-ring (bicyclic) bond motifs is 1. The molecular weight excluding hydrogens is 220 g/mol. The van der Waals surface area contributed by atoms with Crippen molar-refractivity contribution in [2.45, 2.75) is 6.92 Å². The van der Waals surface area contributed by atoms with E-state index in [1.54, 1.807) is 0 Å². The molecule has 88 valence electrons. The zero-order valence-corrected chi connectivity index (χ0v) is 10.6. The third-order valence-electron chi connectivity index (χ3n) is 3.19. The number of nitrogens with zero attached hydrogens (tertiary/aromatic N) is 2. The predicted molar refractivity (Wildman–Crippen MR) is 73.1 cm³/mol. The third kappa shape index (κ3) is 1.86. The van der Waals surface area contributed by atoms with Gasteiger partial charge in [0.15, 0.2) is 6.20 Å². The molecule has 3 aromatic rings. The van der Waals surface area contributed by atoms with E-state index in [-0.39, 0.29) is 0 Å². The molecular formula is C16H15N2+. The van der Waals surface area contributed by atoms with Crippen molar-refractivity contribution in [2.75, 3.05) is 0 Å². The van der Waals surface area contributed by atoms with Crippen LogP contribution in [-0.2, 0) is 7.05 Å². The van der Waals surface area contributed by atoms with Crippen LogP contribution >= 0.6 is 0 Å². The number of benzene rings is 1. The standard InChI is InChI=1S/C16H15N2/c1-12-9-13(7-8-17-12)15-10-14-5-3-4-6-16(14)18(2)11-15/h3-11H,1-2H3/q+1. The van der Waals surface area contributed by atoms with Gasteiger partial charge in [-0.2, -0.15) is 0 Å². The van der Waals surface area contributed by atoms with E-state index in [2.05, 4.69) is 65.3 Å². The number of hydrogen-bond donors (Lipinski definition) is 0. The van der Waals surface area contributed by atoms with Crippen LogP contribution in [0.25, 0.3) is 22.0 Å². The maximum atomic E-state index is 4.24. The topological polar surface area (TPSA) is 16.8 Å². The highest BCUT2D eigenvalue weighted by Gasteiger charge is 2.08. The zero-order valence-electron chi connectivity index (χ0n) is 10.6. The van der Waals surface area contributed by atoms with Gasteiger partial charge >= 0.3 is 0 Å². The van der Waals surface area contributed by atoms with Gasteiger partial charge in [-0.3, -0.25) is 4.98 Å². The van der Waals surface area contributed by atoms with Crippen molar-refractivity contribution in [1.29, 1.82) is 0 Å². The summed E-state index contributed by atoms with van der Waals surface area (Å²) in [5.41, 5.74) is 4.72. The van der Waals surface area contributed by atoms with Gasteiger partial charge in [-0.1, -0.05) is 12.1 Å². The summed E-state index contributed by atoms with van der Waals surface area (Å²) in [6, 6.07) is 14.8. The average molecular weight is 235 g/mol. The molecule has 0 atom stereocenters. The van der Waals surface area contributed by atoms with Crippen molar-refractivity contribution in [3.05, 3.63) is 60.6 Å². The first kappa shape index (κ1) is 10.9. The van der Waals surface area contributed by atoms with Gasteiger partial charge < -0.3 is 0 Å². The lowest BCUT2D eigenvalue weighted by atomic mass is 10.1. The van der Waals surface area contributed by atoms with Crippen LogP contribution in [0.5, 0.6) is 0 Å². The van der Waals surface area contributed by atoms with Crippen LogP contribution in [0, 0.1) is 6.92 Å². The molecule has 0 amide bonds. The van der Waals surface area contributed by atoms with Crippen LogP contribution in [-0.4, -0.2) is 4.98 Å². The van der Waals surface area contributed by atoms with Crippen molar-refractivity contribution in [3.8, 4) is 11.1 Å². The molecule has 0 saturated carbocycles. The fourth-order valence-corrected chi connectivity index (χ4v) is 2.30. The molecule has 0 N–H and O–H groups in total. The van der Waals surface area contributed by atoms with Crippen LogP contribution in [0.3, 0.4) is 0 Å². The maximum absolute atomic E-state index is 4.24. The molecule has 0 aliphatic rings. The van der Waals surface area contributed by atoms with Gasteiger partial charge in [0.1, 0.15) is 7.05 Å². The average Bonchev–Trinajstić information content (AvgIpc) is 2.39. The molecule has 18 heavy (non-hydrogen) atoms. The highest BCUT2D eigenvalue weighted by Crippen LogP contribution is 2.21. The van der Waals surface area contributed by atoms with Crippen molar-refractivity contribution in [3.63, 3.8) is 0 Å². The van der Waals surface area contributed by atoms with Crippen molar-refractivity contribution < 1.29 is 4.57 Å².